The fraction of sp³-hybridized carbons (Fsp3) is 0.273. The molecule has 2 aliphatic heterocycles. The molecule has 4 atom stereocenters. The molecule has 0 saturated carbocycles. The summed E-state index contributed by atoms with van der Waals surface area (Å²) in [6, 6.07) is 17.2. The van der Waals surface area contributed by atoms with Gasteiger partial charge in [-0.25, -0.2) is 9.67 Å². The van der Waals surface area contributed by atoms with E-state index in [4.69, 9.17) is 21.4 Å². The Kier molecular flexibility index (Phi) is 5.15. The van der Waals surface area contributed by atoms with Crippen molar-refractivity contribution in [1.29, 1.82) is 0 Å². The highest BCUT2D eigenvalue weighted by atomic mass is 35.5. The highest BCUT2D eigenvalue weighted by molar-refractivity contribution is 6.30. The number of ether oxygens (including phenoxy) is 1. The Morgan fingerprint density at radius 2 is 1.90 bits per heavy atom. The lowest BCUT2D eigenvalue weighted by atomic mass is 10.1. The first-order chi connectivity index (χ1) is 15.0. The van der Waals surface area contributed by atoms with Crippen LogP contribution in [0.15, 0.2) is 59.6 Å². The molecule has 9 heteroatoms. The van der Waals surface area contributed by atoms with E-state index >= 15 is 0 Å². The van der Waals surface area contributed by atoms with Gasteiger partial charge in [0.2, 0.25) is 0 Å². The second-order valence-electron chi connectivity index (χ2n) is 7.67. The van der Waals surface area contributed by atoms with E-state index < -0.39 is 24.5 Å². The third-order valence-electron chi connectivity index (χ3n) is 5.49. The van der Waals surface area contributed by atoms with Crippen LogP contribution in [-0.4, -0.2) is 49.7 Å². The maximum absolute atomic E-state index is 10.5. The van der Waals surface area contributed by atoms with Gasteiger partial charge in [-0.2, -0.15) is 5.10 Å². The Morgan fingerprint density at radius 1 is 1.10 bits per heavy atom. The summed E-state index contributed by atoms with van der Waals surface area (Å²) in [4.78, 5) is 4.60. The molecule has 0 amide bonds. The molecule has 31 heavy (non-hydrogen) atoms. The van der Waals surface area contributed by atoms with E-state index in [0.717, 1.165) is 22.5 Å². The zero-order valence-electron chi connectivity index (χ0n) is 16.8. The molecule has 3 aromatic rings. The lowest BCUT2D eigenvalue weighted by Crippen LogP contribution is -2.32. The third kappa shape index (κ3) is 3.68. The van der Waals surface area contributed by atoms with Gasteiger partial charge < -0.3 is 14.9 Å². The number of nitrogens with zero attached hydrogens (tertiary/aromatic N) is 4. The van der Waals surface area contributed by atoms with Gasteiger partial charge in [0.25, 0.3) is 0 Å². The van der Waals surface area contributed by atoms with Crippen LogP contribution in [0.25, 0.3) is 11.3 Å². The summed E-state index contributed by atoms with van der Waals surface area (Å²) in [5, 5.41) is 27.9. The van der Waals surface area contributed by atoms with Crippen molar-refractivity contribution in [3.05, 3.63) is 65.2 Å². The van der Waals surface area contributed by atoms with E-state index in [9.17, 15) is 10.2 Å². The summed E-state index contributed by atoms with van der Waals surface area (Å²) in [7, 11) is 0. The number of fused-ring (bicyclic) bond motifs is 1. The van der Waals surface area contributed by atoms with Crippen LogP contribution in [0.3, 0.4) is 0 Å². The van der Waals surface area contributed by atoms with Gasteiger partial charge in [-0.1, -0.05) is 48.0 Å². The molecule has 1 saturated heterocycles. The number of aromatic nitrogens is 2. The molecule has 3 heterocycles. The highest BCUT2D eigenvalue weighted by Crippen LogP contribution is 2.39. The van der Waals surface area contributed by atoms with Crippen LogP contribution in [-0.2, 0) is 11.3 Å². The first kappa shape index (κ1) is 20.0. The van der Waals surface area contributed by atoms with Crippen LogP contribution in [0, 0.1) is 0 Å². The van der Waals surface area contributed by atoms with Gasteiger partial charge in [-0.05, 0) is 25.1 Å². The fourth-order valence-corrected chi connectivity index (χ4v) is 4.10. The smallest absolute Gasteiger partial charge is 0.181 e. The number of aliphatic hydroxyl groups is 2. The minimum Gasteiger partial charge on any atom is -0.388 e. The molecule has 1 aromatic heterocycles. The van der Waals surface area contributed by atoms with E-state index in [1.54, 1.807) is 17.9 Å². The number of aliphatic hydroxyl groups excluding tert-OH is 2. The lowest BCUT2D eigenvalue weighted by molar-refractivity contribution is -0.0384. The average molecular weight is 440 g/mol. The summed E-state index contributed by atoms with van der Waals surface area (Å²) in [6.45, 7) is 2.21. The van der Waals surface area contributed by atoms with Crippen LogP contribution in [0.5, 0.6) is 0 Å². The first-order valence-electron chi connectivity index (χ1n) is 10.0. The standard InChI is InChI=1S/C22H22ClN5O3/c1-13-19(29)20(30)22(31-13)28-21-17(18(26-28)14-6-3-2-4-7-14)11-27(12-24-21)25-16-9-5-8-15(23)10-16/h2-10,12-13,19-20,22,25,29-30H,11H2,1H3/t13-,19-,20-,22-/m1/s1. The van der Waals surface area contributed by atoms with Crippen molar-refractivity contribution in [1.82, 2.24) is 14.8 Å². The molecular weight excluding hydrogens is 418 g/mol. The average Bonchev–Trinajstić information content (AvgIpc) is 3.27. The fourth-order valence-electron chi connectivity index (χ4n) is 3.91. The predicted octanol–water partition coefficient (Wildman–Crippen LogP) is 3.35. The summed E-state index contributed by atoms with van der Waals surface area (Å²) in [5.41, 5.74) is 6.68. The number of halogens is 1. The van der Waals surface area contributed by atoms with E-state index in [0.29, 0.717) is 17.4 Å². The number of nitrogens with one attached hydrogen (secondary N) is 1. The van der Waals surface area contributed by atoms with Crippen LogP contribution >= 0.6 is 11.6 Å². The van der Waals surface area contributed by atoms with Crippen molar-refractivity contribution in [3.8, 4) is 11.3 Å². The zero-order valence-corrected chi connectivity index (χ0v) is 17.5. The van der Waals surface area contributed by atoms with E-state index in [1.165, 1.54) is 0 Å². The van der Waals surface area contributed by atoms with Crippen LogP contribution < -0.4 is 5.43 Å². The Bertz CT molecular complexity index is 1120. The molecule has 0 aliphatic carbocycles. The number of rotatable bonds is 4. The summed E-state index contributed by atoms with van der Waals surface area (Å²) in [5.74, 6) is 0.591. The number of hydrogen-bond donors (Lipinski definition) is 3. The molecular formula is C22H22ClN5O3. The predicted molar refractivity (Wildman–Crippen MR) is 118 cm³/mol. The topological polar surface area (TPSA) is 95.1 Å². The van der Waals surface area contributed by atoms with Crippen LogP contribution in [0.4, 0.5) is 11.5 Å². The minimum atomic E-state index is -1.10. The molecule has 0 bridgehead atoms. The van der Waals surface area contributed by atoms with Gasteiger partial charge in [0, 0.05) is 16.1 Å². The number of benzene rings is 2. The molecule has 2 aliphatic rings. The van der Waals surface area contributed by atoms with Gasteiger partial charge in [0.1, 0.15) is 18.5 Å². The Balaban J connectivity index is 1.53. The quantitative estimate of drug-likeness (QED) is 0.577. The van der Waals surface area contributed by atoms with Crippen LogP contribution in [0.2, 0.25) is 5.02 Å². The molecule has 3 N–H and O–H groups in total. The van der Waals surface area contributed by atoms with Crippen molar-refractivity contribution in [2.75, 3.05) is 5.43 Å². The van der Waals surface area contributed by atoms with Gasteiger partial charge >= 0.3 is 0 Å². The van der Waals surface area contributed by atoms with Crippen LogP contribution in [0.1, 0.15) is 18.7 Å². The zero-order chi connectivity index (χ0) is 21.5. The number of aliphatic imine (C=N–C) groups is 1. The number of hydrazine groups is 1. The molecule has 2 aromatic carbocycles. The van der Waals surface area contributed by atoms with E-state index in [2.05, 4.69) is 10.4 Å². The normalized spacial score (nSPS) is 25.0. The molecule has 0 spiro atoms. The summed E-state index contributed by atoms with van der Waals surface area (Å²) < 4.78 is 7.38. The van der Waals surface area contributed by atoms with Gasteiger partial charge in [-0.3, -0.25) is 10.4 Å². The van der Waals surface area contributed by atoms with Crippen molar-refractivity contribution in [2.24, 2.45) is 4.99 Å². The molecule has 1 fully saturated rings. The van der Waals surface area contributed by atoms with Crippen molar-refractivity contribution in [3.63, 3.8) is 0 Å². The molecule has 0 unspecified atom stereocenters. The molecule has 8 nitrogen and oxygen atoms in total. The second kappa shape index (κ2) is 7.97. The summed E-state index contributed by atoms with van der Waals surface area (Å²) >= 11 is 6.10. The SMILES string of the molecule is C[C@H]1O[C@@H](n2nc(-c3ccccc3)c3c2N=CN(Nc2cccc(Cl)c2)C3)[C@H](O)[C@@H]1O. The second-order valence-corrected chi connectivity index (χ2v) is 8.11. The molecule has 0 radical (unpaired) electrons. The van der Waals surface area contributed by atoms with Gasteiger partial charge in [0.05, 0.1) is 24.0 Å². The van der Waals surface area contributed by atoms with Crippen molar-refractivity contribution < 1.29 is 14.9 Å². The molecule has 160 valence electrons. The first-order valence-corrected chi connectivity index (χ1v) is 10.4. The van der Waals surface area contributed by atoms with Crippen molar-refractivity contribution in [2.45, 2.75) is 38.0 Å². The van der Waals surface area contributed by atoms with Crippen molar-refractivity contribution >= 4 is 29.4 Å². The monoisotopic (exact) mass is 439 g/mol. The maximum Gasteiger partial charge on any atom is 0.181 e. The summed E-state index contributed by atoms with van der Waals surface area (Å²) in [6.07, 6.45) is -1.74. The lowest BCUT2D eigenvalue weighted by Gasteiger charge is -2.25. The number of hydrogen-bond acceptors (Lipinski definition) is 7. The Labute approximate surface area is 184 Å². The van der Waals surface area contributed by atoms with Gasteiger partial charge in [0.15, 0.2) is 12.0 Å². The van der Waals surface area contributed by atoms with E-state index in [-0.39, 0.29) is 0 Å². The van der Waals surface area contributed by atoms with E-state index in [1.807, 2.05) is 59.6 Å². The third-order valence-corrected chi connectivity index (χ3v) is 5.73. The Hall–Kier alpha value is -2.91. The Morgan fingerprint density at radius 3 is 2.61 bits per heavy atom. The largest absolute Gasteiger partial charge is 0.388 e. The maximum atomic E-state index is 10.5. The molecule has 5 rings (SSSR count). The van der Waals surface area contributed by atoms with Gasteiger partial charge in [-0.15, -0.1) is 0 Å². The number of anilines is 1. The highest BCUT2D eigenvalue weighted by Gasteiger charge is 2.43. The minimum absolute atomic E-state index is 0.483.